The minimum atomic E-state index is 1.13. The molecule has 10 aromatic rings. The average molecular weight is 628 g/mol. The summed E-state index contributed by atoms with van der Waals surface area (Å²) in [4.78, 5) is 2.36. The third kappa shape index (κ3) is 4.31. The zero-order valence-corrected chi connectivity index (χ0v) is 26.9. The predicted molar refractivity (Wildman–Crippen MR) is 209 cm³/mol. The number of para-hydroxylation sites is 1. The molecule has 0 radical (unpaired) electrons. The summed E-state index contributed by atoms with van der Waals surface area (Å²) in [5.74, 6) is 0. The first-order valence-electron chi connectivity index (χ1n) is 16.4. The number of benzene rings is 9. The summed E-state index contributed by atoms with van der Waals surface area (Å²) < 4.78 is 2.66. The lowest BCUT2D eigenvalue weighted by Crippen LogP contribution is -2.09. The highest BCUT2D eigenvalue weighted by molar-refractivity contribution is 7.25. The number of thiophene rings is 1. The Bertz CT molecular complexity index is 2830. The van der Waals surface area contributed by atoms with Crippen LogP contribution in [0.3, 0.4) is 0 Å². The highest BCUT2D eigenvalue weighted by Crippen LogP contribution is 2.41. The van der Waals surface area contributed by atoms with E-state index in [1.54, 1.807) is 0 Å². The predicted octanol–water partition coefficient (Wildman–Crippen LogP) is 13.8. The van der Waals surface area contributed by atoms with Gasteiger partial charge in [-0.1, -0.05) is 121 Å². The summed E-state index contributed by atoms with van der Waals surface area (Å²) in [7, 11) is 0. The van der Waals surface area contributed by atoms with Crippen molar-refractivity contribution in [3.05, 3.63) is 176 Å². The molecule has 0 aliphatic rings. The van der Waals surface area contributed by atoms with Gasteiger partial charge in [0.1, 0.15) is 0 Å². The van der Waals surface area contributed by atoms with E-state index in [0.717, 1.165) is 17.1 Å². The van der Waals surface area contributed by atoms with Gasteiger partial charge in [0.15, 0.2) is 0 Å². The molecule has 1 heterocycles. The summed E-state index contributed by atoms with van der Waals surface area (Å²) in [6.07, 6.45) is 0. The summed E-state index contributed by atoms with van der Waals surface area (Å²) in [6, 6.07) is 64.5. The van der Waals surface area contributed by atoms with Crippen LogP contribution in [-0.2, 0) is 0 Å². The molecule has 0 aliphatic carbocycles. The molecule has 0 bridgehead atoms. The average Bonchev–Trinajstić information content (AvgIpc) is 3.51. The van der Waals surface area contributed by atoms with Crippen molar-refractivity contribution in [3.8, 4) is 11.1 Å². The van der Waals surface area contributed by atoms with Crippen LogP contribution >= 0.6 is 11.3 Å². The SMILES string of the molecule is c1ccc(N(c2ccc(-c3cccc4c3ccc3c5ccccc5ccc43)cc2)c2ccc3cc4c(cc3c2)sc2ccccc24)cc1. The van der Waals surface area contributed by atoms with Crippen LogP contribution in [0.1, 0.15) is 0 Å². The van der Waals surface area contributed by atoms with E-state index in [4.69, 9.17) is 0 Å². The van der Waals surface area contributed by atoms with Gasteiger partial charge in [0.05, 0.1) is 0 Å². The molecule has 0 amide bonds. The number of nitrogens with zero attached hydrogens (tertiary/aromatic N) is 1. The zero-order chi connectivity index (χ0) is 31.6. The van der Waals surface area contributed by atoms with Gasteiger partial charge in [-0.05, 0) is 109 Å². The molecule has 10 rings (SSSR count). The van der Waals surface area contributed by atoms with Crippen molar-refractivity contribution >= 4 is 91.7 Å². The molecule has 0 spiro atoms. The molecule has 0 N–H and O–H groups in total. The Balaban J connectivity index is 1.08. The molecule has 1 aromatic heterocycles. The van der Waals surface area contributed by atoms with Crippen LogP contribution < -0.4 is 4.90 Å². The van der Waals surface area contributed by atoms with E-state index in [2.05, 4.69) is 181 Å². The largest absolute Gasteiger partial charge is 0.310 e. The number of anilines is 3. The highest BCUT2D eigenvalue weighted by Gasteiger charge is 2.15. The Labute approximate surface area is 282 Å². The minimum absolute atomic E-state index is 1.13. The molecular formula is C46H29NS. The van der Waals surface area contributed by atoms with Crippen molar-refractivity contribution in [2.45, 2.75) is 0 Å². The van der Waals surface area contributed by atoms with Gasteiger partial charge in [-0.2, -0.15) is 0 Å². The molecule has 0 fully saturated rings. The molecule has 0 unspecified atom stereocenters. The molecule has 1 nitrogen and oxygen atoms in total. The smallest absolute Gasteiger partial charge is 0.0468 e. The van der Waals surface area contributed by atoms with Crippen molar-refractivity contribution in [2.75, 3.05) is 4.90 Å². The molecule has 9 aromatic carbocycles. The van der Waals surface area contributed by atoms with E-state index in [1.807, 2.05) is 11.3 Å². The van der Waals surface area contributed by atoms with Gasteiger partial charge < -0.3 is 4.90 Å². The lowest BCUT2D eigenvalue weighted by atomic mass is 9.92. The first-order chi connectivity index (χ1) is 23.8. The molecule has 0 aliphatic heterocycles. The van der Waals surface area contributed by atoms with Gasteiger partial charge in [0, 0.05) is 37.2 Å². The van der Waals surface area contributed by atoms with Gasteiger partial charge >= 0.3 is 0 Å². The highest BCUT2D eigenvalue weighted by atomic mass is 32.1. The second kappa shape index (κ2) is 10.8. The lowest BCUT2D eigenvalue weighted by molar-refractivity contribution is 1.29. The number of fused-ring (bicyclic) bond motifs is 9. The molecule has 0 atom stereocenters. The van der Waals surface area contributed by atoms with Gasteiger partial charge in [-0.15, -0.1) is 11.3 Å². The van der Waals surface area contributed by atoms with E-state index in [-0.39, 0.29) is 0 Å². The standard InChI is InChI=1S/C46H29NS/c1-2-10-34(11-3-1)47(36-23-19-32-28-44-43-13-6-7-16-45(43)48-46(44)29-33(32)27-36)35-21-17-31(18-22-35)38-14-8-15-39-40(38)25-26-41-37-12-5-4-9-30(37)20-24-42(39)41/h1-29H. The molecule has 2 heteroatoms. The lowest BCUT2D eigenvalue weighted by Gasteiger charge is -2.26. The van der Waals surface area contributed by atoms with Crippen LogP contribution in [0.25, 0.3) is 74.4 Å². The van der Waals surface area contributed by atoms with Crippen LogP contribution in [0.4, 0.5) is 17.1 Å². The summed E-state index contributed by atoms with van der Waals surface area (Å²) in [5.41, 5.74) is 5.87. The van der Waals surface area contributed by atoms with E-state index in [9.17, 15) is 0 Å². The normalized spacial score (nSPS) is 11.8. The van der Waals surface area contributed by atoms with E-state index < -0.39 is 0 Å². The van der Waals surface area contributed by atoms with Crippen LogP contribution in [0.5, 0.6) is 0 Å². The van der Waals surface area contributed by atoms with E-state index in [1.165, 1.54) is 74.4 Å². The van der Waals surface area contributed by atoms with E-state index in [0.29, 0.717) is 0 Å². The van der Waals surface area contributed by atoms with Crippen LogP contribution in [0.15, 0.2) is 176 Å². The molecule has 0 saturated heterocycles. The maximum Gasteiger partial charge on any atom is 0.0468 e. The Morgan fingerprint density at radius 2 is 0.958 bits per heavy atom. The monoisotopic (exact) mass is 627 g/mol. The maximum absolute atomic E-state index is 2.36. The topological polar surface area (TPSA) is 3.24 Å². The number of hydrogen-bond acceptors (Lipinski definition) is 2. The summed E-state index contributed by atoms with van der Waals surface area (Å²) >= 11 is 1.87. The van der Waals surface area contributed by atoms with Gasteiger partial charge in [0.2, 0.25) is 0 Å². The molecule has 0 saturated carbocycles. The second-order valence-electron chi connectivity index (χ2n) is 12.5. The molecular weight excluding hydrogens is 599 g/mol. The van der Waals surface area contributed by atoms with E-state index >= 15 is 0 Å². The summed E-state index contributed by atoms with van der Waals surface area (Å²) in [5, 5.41) is 12.9. The quantitative estimate of drug-likeness (QED) is 0.176. The van der Waals surface area contributed by atoms with Crippen molar-refractivity contribution in [1.29, 1.82) is 0 Å². The third-order valence-corrected chi connectivity index (χ3v) is 10.9. The number of rotatable bonds is 4. The minimum Gasteiger partial charge on any atom is -0.310 e. The Morgan fingerprint density at radius 1 is 0.312 bits per heavy atom. The van der Waals surface area contributed by atoms with Crippen molar-refractivity contribution < 1.29 is 0 Å². The Kier molecular flexibility index (Phi) is 6.12. The Hall–Kier alpha value is -5.96. The van der Waals surface area contributed by atoms with Crippen LogP contribution in [0.2, 0.25) is 0 Å². The number of hydrogen-bond donors (Lipinski definition) is 0. The molecule has 48 heavy (non-hydrogen) atoms. The second-order valence-corrected chi connectivity index (χ2v) is 13.6. The van der Waals surface area contributed by atoms with Crippen LogP contribution in [-0.4, -0.2) is 0 Å². The summed E-state index contributed by atoms with van der Waals surface area (Å²) in [6.45, 7) is 0. The van der Waals surface area contributed by atoms with Crippen LogP contribution in [0, 0.1) is 0 Å². The molecule has 224 valence electrons. The first-order valence-corrected chi connectivity index (χ1v) is 17.2. The fourth-order valence-electron chi connectivity index (χ4n) is 7.52. The first kappa shape index (κ1) is 27.2. The van der Waals surface area contributed by atoms with Crippen molar-refractivity contribution in [2.24, 2.45) is 0 Å². The Morgan fingerprint density at radius 3 is 1.85 bits per heavy atom. The third-order valence-electron chi connectivity index (χ3n) is 9.81. The van der Waals surface area contributed by atoms with Gasteiger partial charge in [-0.25, -0.2) is 0 Å². The zero-order valence-electron chi connectivity index (χ0n) is 26.1. The maximum atomic E-state index is 2.36. The van der Waals surface area contributed by atoms with Gasteiger partial charge in [0.25, 0.3) is 0 Å². The van der Waals surface area contributed by atoms with Crippen molar-refractivity contribution in [3.63, 3.8) is 0 Å². The fraction of sp³-hybridized carbons (Fsp3) is 0. The van der Waals surface area contributed by atoms with Crippen molar-refractivity contribution in [1.82, 2.24) is 0 Å². The fourth-order valence-corrected chi connectivity index (χ4v) is 8.65. The van der Waals surface area contributed by atoms with Gasteiger partial charge in [-0.3, -0.25) is 0 Å².